The van der Waals surface area contributed by atoms with Crippen molar-refractivity contribution in [2.75, 3.05) is 5.32 Å². The molecule has 0 unspecified atom stereocenters. The van der Waals surface area contributed by atoms with E-state index in [1.165, 1.54) is 6.92 Å². The first kappa shape index (κ1) is 23.7. The van der Waals surface area contributed by atoms with Crippen LogP contribution in [0.1, 0.15) is 6.92 Å². The van der Waals surface area contributed by atoms with E-state index in [2.05, 4.69) is 15.4 Å². The van der Waals surface area contributed by atoms with Crippen molar-refractivity contribution in [1.29, 1.82) is 0 Å². The van der Waals surface area contributed by atoms with Gasteiger partial charge in [-0.25, -0.2) is 19.3 Å². The number of benzene rings is 1. The molecule has 0 aliphatic heterocycles. The summed E-state index contributed by atoms with van der Waals surface area (Å²) in [6.07, 6.45) is -1.74. The maximum atomic E-state index is 11.4. The van der Waals surface area contributed by atoms with Crippen LogP contribution in [-0.4, -0.2) is 42.7 Å². The average molecular weight is 478 g/mol. The van der Waals surface area contributed by atoms with E-state index in [1.54, 1.807) is 23.0 Å². The molecule has 0 bridgehead atoms. The van der Waals surface area contributed by atoms with Crippen LogP contribution >= 0.6 is 11.6 Å². The first-order valence-electron chi connectivity index (χ1n) is 9.20. The molecule has 0 aliphatic carbocycles. The molecular weight excluding hydrogens is 463 g/mol. The van der Waals surface area contributed by atoms with E-state index in [9.17, 15) is 18.0 Å². The van der Waals surface area contributed by atoms with E-state index in [0.717, 1.165) is 28.2 Å². The first-order chi connectivity index (χ1) is 15.6. The minimum absolute atomic E-state index is 0.180. The van der Waals surface area contributed by atoms with Crippen LogP contribution in [0.4, 0.5) is 19.0 Å². The topological polar surface area (TPSA) is 109 Å². The van der Waals surface area contributed by atoms with Gasteiger partial charge in [-0.3, -0.25) is 4.79 Å². The number of anilines is 1. The summed E-state index contributed by atoms with van der Waals surface area (Å²) in [5.41, 5.74) is 4.00. The molecule has 0 fully saturated rings. The fourth-order valence-corrected chi connectivity index (χ4v) is 3.00. The Bertz CT molecular complexity index is 1320. The lowest BCUT2D eigenvalue weighted by Crippen LogP contribution is -2.21. The van der Waals surface area contributed by atoms with Crippen molar-refractivity contribution in [3.63, 3.8) is 0 Å². The summed E-state index contributed by atoms with van der Waals surface area (Å²) in [5.74, 6) is -2.47. The van der Waals surface area contributed by atoms with E-state index in [4.69, 9.17) is 26.5 Å². The normalized spacial score (nSPS) is 10.9. The Labute approximate surface area is 189 Å². The van der Waals surface area contributed by atoms with Crippen molar-refractivity contribution in [1.82, 2.24) is 19.6 Å². The van der Waals surface area contributed by atoms with Crippen LogP contribution < -0.4 is 5.32 Å². The van der Waals surface area contributed by atoms with Gasteiger partial charge < -0.3 is 10.4 Å². The van der Waals surface area contributed by atoms with E-state index in [0.29, 0.717) is 10.8 Å². The molecule has 1 amide bonds. The largest absolute Gasteiger partial charge is 0.490 e. The van der Waals surface area contributed by atoms with Crippen LogP contribution in [0.5, 0.6) is 0 Å². The van der Waals surface area contributed by atoms with Gasteiger partial charge in [0.2, 0.25) is 5.91 Å². The van der Waals surface area contributed by atoms with Crippen LogP contribution in [0.15, 0.2) is 60.9 Å². The number of carboxylic acid groups (broad SMARTS) is 1. The maximum absolute atomic E-state index is 11.4. The minimum Gasteiger partial charge on any atom is -0.475 e. The Hall–Kier alpha value is -3.99. The van der Waals surface area contributed by atoms with Gasteiger partial charge in [0.1, 0.15) is 11.5 Å². The fourth-order valence-electron chi connectivity index (χ4n) is 2.81. The maximum Gasteiger partial charge on any atom is 0.490 e. The Balaban J connectivity index is 0.000000383. The van der Waals surface area contributed by atoms with Crippen LogP contribution in [0.3, 0.4) is 0 Å². The zero-order valence-corrected chi connectivity index (χ0v) is 17.6. The highest BCUT2D eigenvalue weighted by atomic mass is 35.5. The number of nitrogens with zero attached hydrogens (tertiary/aromatic N) is 4. The van der Waals surface area contributed by atoms with Crippen molar-refractivity contribution in [2.45, 2.75) is 13.1 Å². The minimum atomic E-state index is -5.08. The zero-order valence-electron chi connectivity index (χ0n) is 16.8. The third-order valence-corrected chi connectivity index (χ3v) is 4.31. The van der Waals surface area contributed by atoms with Gasteiger partial charge in [-0.05, 0) is 36.4 Å². The SMILES string of the molecule is CC(=O)Nc1cc(-c2c(-c3cccc(Cl)c3)nc3cccnn23)ccn1.O=C(O)C(F)(F)F. The summed E-state index contributed by atoms with van der Waals surface area (Å²) in [6, 6.07) is 14.9. The standard InChI is InChI=1S/C19H14ClN5O.C2HF3O2/c1-12(26)23-16-11-14(7-9-21-16)19-18(13-4-2-5-15(20)10-13)24-17-6-3-8-22-25(17)19;3-2(4,5)1(6)7/h2-11H,1H3,(H,21,23,26);(H,6,7). The highest BCUT2D eigenvalue weighted by Gasteiger charge is 2.38. The molecule has 8 nitrogen and oxygen atoms in total. The number of hydrogen-bond donors (Lipinski definition) is 2. The molecule has 0 atom stereocenters. The summed E-state index contributed by atoms with van der Waals surface area (Å²) in [7, 11) is 0. The van der Waals surface area contributed by atoms with Gasteiger partial charge >= 0.3 is 12.1 Å². The molecule has 0 aliphatic rings. The number of aromatic nitrogens is 4. The Morgan fingerprint density at radius 1 is 1.06 bits per heavy atom. The Kier molecular flexibility index (Phi) is 6.92. The monoisotopic (exact) mass is 477 g/mol. The van der Waals surface area contributed by atoms with Crippen molar-refractivity contribution in [3.8, 4) is 22.5 Å². The lowest BCUT2D eigenvalue weighted by atomic mass is 10.1. The fraction of sp³-hybridized carbons (Fsp3) is 0.0952. The summed E-state index contributed by atoms with van der Waals surface area (Å²) in [5, 5.41) is 14.9. The number of nitrogens with one attached hydrogen (secondary N) is 1. The smallest absolute Gasteiger partial charge is 0.475 e. The van der Waals surface area contributed by atoms with Gasteiger partial charge in [0.05, 0.1) is 5.69 Å². The highest BCUT2D eigenvalue weighted by Crippen LogP contribution is 2.33. The summed E-state index contributed by atoms with van der Waals surface area (Å²) in [6.45, 7) is 1.45. The number of hydrogen-bond acceptors (Lipinski definition) is 5. The number of halogens is 4. The molecule has 0 saturated carbocycles. The number of imidazole rings is 1. The molecule has 0 radical (unpaired) electrons. The molecule has 0 saturated heterocycles. The molecule has 4 aromatic rings. The van der Waals surface area contributed by atoms with Crippen molar-refractivity contribution in [2.24, 2.45) is 0 Å². The molecule has 170 valence electrons. The Morgan fingerprint density at radius 2 is 1.79 bits per heavy atom. The van der Waals surface area contributed by atoms with E-state index >= 15 is 0 Å². The van der Waals surface area contributed by atoms with Gasteiger partial charge in [-0.15, -0.1) is 0 Å². The van der Waals surface area contributed by atoms with Crippen molar-refractivity contribution >= 4 is 34.9 Å². The number of alkyl halides is 3. The van der Waals surface area contributed by atoms with Gasteiger partial charge in [-0.1, -0.05) is 23.7 Å². The van der Waals surface area contributed by atoms with E-state index in [-0.39, 0.29) is 5.91 Å². The van der Waals surface area contributed by atoms with E-state index in [1.807, 2.05) is 42.5 Å². The number of pyridine rings is 1. The third kappa shape index (κ3) is 5.83. The number of rotatable bonds is 3. The van der Waals surface area contributed by atoms with E-state index < -0.39 is 12.1 Å². The number of amides is 1. The third-order valence-electron chi connectivity index (χ3n) is 4.07. The van der Waals surface area contributed by atoms with Crippen LogP contribution in [0.25, 0.3) is 28.2 Å². The van der Waals surface area contributed by atoms with Crippen LogP contribution in [0.2, 0.25) is 5.02 Å². The zero-order chi connectivity index (χ0) is 24.2. The van der Waals surface area contributed by atoms with Crippen molar-refractivity contribution in [3.05, 3.63) is 65.9 Å². The van der Waals surface area contributed by atoms with Crippen LogP contribution in [-0.2, 0) is 9.59 Å². The first-order valence-corrected chi connectivity index (χ1v) is 9.58. The average Bonchev–Trinajstić information content (AvgIpc) is 3.13. The molecular formula is C21H15ClF3N5O3. The van der Waals surface area contributed by atoms with Gasteiger partial charge in [0.15, 0.2) is 5.65 Å². The predicted molar refractivity (Wildman–Crippen MR) is 115 cm³/mol. The number of carbonyl (C=O) groups excluding carboxylic acids is 1. The quantitative estimate of drug-likeness (QED) is 0.442. The second-order valence-electron chi connectivity index (χ2n) is 6.53. The number of aliphatic carboxylic acids is 1. The molecule has 3 heterocycles. The van der Waals surface area contributed by atoms with Gasteiger partial charge in [0, 0.05) is 35.5 Å². The van der Waals surface area contributed by atoms with Gasteiger partial charge in [-0.2, -0.15) is 18.3 Å². The molecule has 2 N–H and O–H groups in total. The van der Waals surface area contributed by atoms with Crippen molar-refractivity contribution < 1.29 is 27.9 Å². The number of carbonyl (C=O) groups is 2. The molecule has 3 aromatic heterocycles. The second kappa shape index (κ2) is 9.65. The number of fused-ring (bicyclic) bond motifs is 1. The molecule has 33 heavy (non-hydrogen) atoms. The molecule has 1 aromatic carbocycles. The lowest BCUT2D eigenvalue weighted by molar-refractivity contribution is -0.192. The summed E-state index contributed by atoms with van der Waals surface area (Å²) < 4.78 is 33.5. The Morgan fingerprint density at radius 3 is 2.42 bits per heavy atom. The number of carboxylic acids is 1. The lowest BCUT2D eigenvalue weighted by Gasteiger charge is -2.07. The van der Waals surface area contributed by atoms with Gasteiger partial charge in [0.25, 0.3) is 0 Å². The molecule has 12 heteroatoms. The summed E-state index contributed by atoms with van der Waals surface area (Å²) >= 11 is 6.17. The second-order valence-corrected chi connectivity index (χ2v) is 6.96. The van der Waals surface area contributed by atoms with Crippen LogP contribution in [0, 0.1) is 0 Å². The molecule has 0 spiro atoms. The summed E-state index contributed by atoms with van der Waals surface area (Å²) in [4.78, 5) is 29.2. The highest BCUT2D eigenvalue weighted by molar-refractivity contribution is 6.30. The molecule has 4 rings (SSSR count). The predicted octanol–water partition coefficient (Wildman–Crippen LogP) is 4.70.